The summed E-state index contributed by atoms with van der Waals surface area (Å²) in [6.45, 7) is 8.35. The van der Waals surface area contributed by atoms with E-state index in [-0.39, 0.29) is 23.8 Å². The molecule has 1 aromatic heterocycles. The van der Waals surface area contributed by atoms with Gasteiger partial charge in [0.25, 0.3) is 5.91 Å². The highest BCUT2D eigenvalue weighted by molar-refractivity contribution is 7.12. The lowest BCUT2D eigenvalue weighted by Gasteiger charge is -2.35. The predicted octanol–water partition coefficient (Wildman–Crippen LogP) is 0.535. The van der Waals surface area contributed by atoms with E-state index in [0.717, 1.165) is 0 Å². The van der Waals surface area contributed by atoms with Gasteiger partial charge >= 0.3 is 0 Å². The van der Waals surface area contributed by atoms with E-state index in [1.807, 2.05) is 24.1 Å². The van der Waals surface area contributed by atoms with Crippen molar-refractivity contribution in [2.75, 3.05) is 32.7 Å². The number of amides is 3. The number of hydrogen-bond donors (Lipinski definition) is 2. The normalized spacial score (nSPS) is 16.6. The summed E-state index contributed by atoms with van der Waals surface area (Å²) in [6.07, 6.45) is 0. The zero-order chi connectivity index (χ0) is 18.4. The van der Waals surface area contributed by atoms with Gasteiger partial charge in [-0.1, -0.05) is 6.07 Å². The number of rotatable bonds is 6. The van der Waals surface area contributed by atoms with Gasteiger partial charge in [-0.25, -0.2) is 0 Å². The number of nitrogens with one attached hydrogen (secondary N) is 2. The molecule has 0 radical (unpaired) electrons. The molecule has 1 saturated heterocycles. The molecule has 1 unspecified atom stereocenters. The average Bonchev–Trinajstić information content (AvgIpc) is 3.08. The maximum atomic E-state index is 12.5. The molecule has 0 saturated carbocycles. The summed E-state index contributed by atoms with van der Waals surface area (Å²) in [5.41, 5.74) is 0. The molecule has 1 atom stereocenters. The zero-order valence-corrected chi connectivity index (χ0v) is 15.8. The van der Waals surface area contributed by atoms with E-state index in [0.29, 0.717) is 37.6 Å². The topological polar surface area (TPSA) is 81.8 Å². The highest BCUT2D eigenvalue weighted by atomic mass is 32.1. The summed E-state index contributed by atoms with van der Waals surface area (Å²) in [7, 11) is 0. The Morgan fingerprint density at radius 2 is 1.80 bits per heavy atom. The van der Waals surface area contributed by atoms with Crippen molar-refractivity contribution in [1.82, 2.24) is 20.4 Å². The number of carbonyl (C=O) groups excluding carboxylic acids is 3. The predicted molar refractivity (Wildman–Crippen MR) is 97.5 cm³/mol. The molecular weight excluding hydrogens is 340 g/mol. The molecule has 2 heterocycles. The largest absolute Gasteiger partial charge is 0.353 e. The molecule has 7 nitrogen and oxygen atoms in total. The summed E-state index contributed by atoms with van der Waals surface area (Å²) >= 11 is 1.35. The molecule has 1 fully saturated rings. The lowest BCUT2D eigenvalue weighted by Crippen LogP contribution is -2.55. The Morgan fingerprint density at radius 1 is 1.12 bits per heavy atom. The van der Waals surface area contributed by atoms with Crippen LogP contribution in [0, 0.1) is 0 Å². The smallest absolute Gasteiger partial charge is 0.261 e. The lowest BCUT2D eigenvalue weighted by molar-refractivity contribution is -0.134. The molecule has 0 aromatic carbocycles. The standard InChI is InChI=1S/C17H26N4O3S/c1-12(2)18-15(22)11-20-6-8-21(9-7-20)17(24)13(3)19-16(23)14-5-4-10-25-14/h4-5,10,12-13H,6-9,11H2,1-3H3,(H,18,22)(H,19,23). The van der Waals surface area contributed by atoms with Crippen LogP contribution < -0.4 is 10.6 Å². The van der Waals surface area contributed by atoms with Gasteiger partial charge in [0.05, 0.1) is 11.4 Å². The van der Waals surface area contributed by atoms with Crippen LogP contribution in [0.25, 0.3) is 0 Å². The monoisotopic (exact) mass is 366 g/mol. The minimum Gasteiger partial charge on any atom is -0.353 e. The third-order valence-corrected chi connectivity index (χ3v) is 4.83. The second-order valence-corrected chi connectivity index (χ2v) is 7.44. The van der Waals surface area contributed by atoms with Crippen molar-refractivity contribution >= 4 is 29.1 Å². The van der Waals surface area contributed by atoms with Gasteiger partial charge in [-0.15, -0.1) is 11.3 Å². The van der Waals surface area contributed by atoms with Gasteiger partial charge in [0.2, 0.25) is 11.8 Å². The minimum atomic E-state index is -0.564. The number of carbonyl (C=O) groups is 3. The third kappa shape index (κ3) is 5.82. The van der Waals surface area contributed by atoms with Crippen LogP contribution in [-0.2, 0) is 9.59 Å². The number of thiophene rings is 1. The number of piperazine rings is 1. The molecule has 0 aliphatic carbocycles. The summed E-state index contributed by atoms with van der Waals surface area (Å²) in [5.74, 6) is -0.303. The zero-order valence-electron chi connectivity index (χ0n) is 14.9. The Hall–Kier alpha value is -1.93. The van der Waals surface area contributed by atoms with E-state index >= 15 is 0 Å². The lowest BCUT2D eigenvalue weighted by atomic mass is 10.2. The van der Waals surface area contributed by atoms with Gasteiger partial charge in [0, 0.05) is 32.2 Å². The fourth-order valence-corrected chi connectivity index (χ4v) is 3.34. The van der Waals surface area contributed by atoms with E-state index in [2.05, 4.69) is 10.6 Å². The average molecular weight is 366 g/mol. The van der Waals surface area contributed by atoms with Gasteiger partial charge < -0.3 is 15.5 Å². The number of nitrogens with zero attached hydrogens (tertiary/aromatic N) is 2. The molecule has 25 heavy (non-hydrogen) atoms. The SMILES string of the molecule is CC(C)NC(=O)CN1CCN(C(=O)C(C)NC(=O)c2cccs2)CC1. The van der Waals surface area contributed by atoms with Crippen molar-refractivity contribution in [1.29, 1.82) is 0 Å². The molecule has 2 rings (SSSR count). The first kappa shape index (κ1) is 19.4. The van der Waals surface area contributed by atoms with Crippen LogP contribution in [0.15, 0.2) is 17.5 Å². The first-order chi connectivity index (χ1) is 11.9. The molecule has 1 aliphatic rings. The van der Waals surface area contributed by atoms with Crippen LogP contribution in [0.1, 0.15) is 30.4 Å². The van der Waals surface area contributed by atoms with Crippen molar-refractivity contribution in [3.63, 3.8) is 0 Å². The summed E-state index contributed by atoms with van der Waals surface area (Å²) in [4.78, 5) is 40.7. The molecular formula is C17H26N4O3S. The van der Waals surface area contributed by atoms with Crippen molar-refractivity contribution < 1.29 is 14.4 Å². The van der Waals surface area contributed by atoms with Gasteiger partial charge in [0.1, 0.15) is 6.04 Å². The molecule has 1 aliphatic heterocycles. The highest BCUT2D eigenvalue weighted by Crippen LogP contribution is 2.09. The van der Waals surface area contributed by atoms with E-state index in [1.165, 1.54) is 11.3 Å². The van der Waals surface area contributed by atoms with Gasteiger partial charge in [0.15, 0.2) is 0 Å². The van der Waals surface area contributed by atoms with Gasteiger partial charge in [-0.3, -0.25) is 19.3 Å². The Morgan fingerprint density at radius 3 is 2.36 bits per heavy atom. The van der Waals surface area contributed by atoms with E-state index < -0.39 is 6.04 Å². The van der Waals surface area contributed by atoms with E-state index in [9.17, 15) is 14.4 Å². The molecule has 0 bridgehead atoms. The third-order valence-electron chi connectivity index (χ3n) is 3.96. The van der Waals surface area contributed by atoms with Crippen molar-refractivity contribution in [3.05, 3.63) is 22.4 Å². The molecule has 1 aromatic rings. The van der Waals surface area contributed by atoms with Gasteiger partial charge in [-0.2, -0.15) is 0 Å². The van der Waals surface area contributed by atoms with Crippen LogP contribution in [-0.4, -0.2) is 72.3 Å². The first-order valence-electron chi connectivity index (χ1n) is 8.51. The highest BCUT2D eigenvalue weighted by Gasteiger charge is 2.26. The van der Waals surface area contributed by atoms with Crippen molar-refractivity contribution in [2.45, 2.75) is 32.9 Å². The Bertz CT molecular complexity index is 595. The maximum Gasteiger partial charge on any atom is 0.261 e. The molecule has 138 valence electrons. The van der Waals surface area contributed by atoms with Crippen LogP contribution in [0.5, 0.6) is 0 Å². The second-order valence-electron chi connectivity index (χ2n) is 6.50. The molecule has 3 amide bonds. The first-order valence-corrected chi connectivity index (χ1v) is 9.39. The quantitative estimate of drug-likeness (QED) is 0.770. The Balaban J connectivity index is 1.76. The van der Waals surface area contributed by atoms with Crippen molar-refractivity contribution in [2.24, 2.45) is 0 Å². The fourth-order valence-electron chi connectivity index (χ4n) is 2.71. The second kappa shape index (κ2) is 8.96. The number of hydrogen-bond acceptors (Lipinski definition) is 5. The maximum absolute atomic E-state index is 12.5. The molecule has 0 spiro atoms. The van der Waals surface area contributed by atoms with Crippen LogP contribution in [0.4, 0.5) is 0 Å². The van der Waals surface area contributed by atoms with Crippen molar-refractivity contribution in [3.8, 4) is 0 Å². The van der Waals surface area contributed by atoms with Crippen LogP contribution >= 0.6 is 11.3 Å². The Kier molecular flexibility index (Phi) is 6.95. The molecule has 2 N–H and O–H groups in total. The van der Waals surface area contributed by atoms with Gasteiger partial charge in [-0.05, 0) is 32.2 Å². The summed E-state index contributed by atoms with van der Waals surface area (Å²) < 4.78 is 0. The molecule has 8 heteroatoms. The van der Waals surface area contributed by atoms with E-state index in [1.54, 1.807) is 24.0 Å². The summed E-state index contributed by atoms with van der Waals surface area (Å²) in [6, 6.07) is 3.10. The summed E-state index contributed by atoms with van der Waals surface area (Å²) in [5, 5.41) is 7.45. The Labute approximate surface area is 152 Å². The van der Waals surface area contributed by atoms with E-state index in [4.69, 9.17) is 0 Å². The minimum absolute atomic E-state index is 0.00588. The fraction of sp³-hybridized carbons (Fsp3) is 0.588. The van der Waals surface area contributed by atoms with Crippen LogP contribution in [0.2, 0.25) is 0 Å². The van der Waals surface area contributed by atoms with Crippen LogP contribution in [0.3, 0.4) is 0 Å².